The summed E-state index contributed by atoms with van der Waals surface area (Å²) in [5, 5.41) is 0. The molecule has 2 saturated carbocycles. The largest absolute Gasteiger partial charge is 0.216 e. The zero-order chi connectivity index (χ0) is 15.6. The van der Waals surface area contributed by atoms with Gasteiger partial charge >= 0.3 is 0 Å². The van der Waals surface area contributed by atoms with Gasteiger partial charge in [-0.3, -0.25) is 0 Å². The quantitative estimate of drug-likeness (QED) is 0.898. The lowest BCUT2D eigenvalue weighted by Gasteiger charge is -2.43. The van der Waals surface area contributed by atoms with Crippen molar-refractivity contribution >= 4 is 10.0 Å². The van der Waals surface area contributed by atoms with Crippen LogP contribution in [0.5, 0.6) is 0 Å². The van der Waals surface area contributed by atoms with Crippen LogP contribution in [0.4, 0.5) is 0 Å². The van der Waals surface area contributed by atoms with Gasteiger partial charge in [0.15, 0.2) is 0 Å². The molecule has 2 aliphatic rings. The van der Waals surface area contributed by atoms with Gasteiger partial charge in [-0.15, -0.1) is 0 Å². The average Bonchev–Trinajstić information content (AvgIpc) is 2.50. The number of benzene rings is 1. The molecule has 2 fully saturated rings. The molecule has 0 amide bonds. The minimum Gasteiger partial charge on any atom is -0.212 e. The Morgan fingerprint density at radius 2 is 1.86 bits per heavy atom. The first kappa shape index (κ1) is 16.0. The molecule has 2 aliphatic carbocycles. The van der Waals surface area contributed by atoms with Crippen molar-refractivity contribution in [2.24, 2.45) is 17.8 Å². The standard InChI is InChI=1S/C18H27NO2S/c1-2-14-10-16-8-9-18(17(11-14)12-16)19-22(20,21)13-15-6-4-3-5-7-15/h3-7,14,16-19H,2,8-13H2,1H3. The molecule has 1 aromatic carbocycles. The Labute approximate surface area is 134 Å². The van der Waals surface area contributed by atoms with E-state index < -0.39 is 10.0 Å². The number of hydrogen-bond donors (Lipinski definition) is 1. The van der Waals surface area contributed by atoms with Gasteiger partial charge in [0.2, 0.25) is 10.0 Å². The number of fused-ring (bicyclic) bond motifs is 2. The molecule has 122 valence electrons. The fourth-order valence-electron chi connectivity index (χ4n) is 4.39. The predicted octanol–water partition coefficient (Wildman–Crippen LogP) is 3.71. The lowest BCUT2D eigenvalue weighted by Crippen LogP contribution is -2.46. The molecule has 0 aliphatic heterocycles. The van der Waals surface area contributed by atoms with Crippen LogP contribution in [0.15, 0.2) is 30.3 Å². The summed E-state index contributed by atoms with van der Waals surface area (Å²) in [6, 6.07) is 9.61. The second-order valence-electron chi connectivity index (χ2n) is 7.15. The Kier molecular flexibility index (Phi) is 4.88. The van der Waals surface area contributed by atoms with Gasteiger partial charge in [-0.05, 0) is 55.4 Å². The highest BCUT2D eigenvalue weighted by molar-refractivity contribution is 7.88. The van der Waals surface area contributed by atoms with E-state index in [2.05, 4.69) is 11.6 Å². The van der Waals surface area contributed by atoms with Crippen LogP contribution in [-0.4, -0.2) is 14.5 Å². The van der Waals surface area contributed by atoms with Crippen molar-refractivity contribution in [3.05, 3.63) is 35.9 Å². The first-order valence-corrected chi connectivity index (χ1v) is 10.2. The van der Waals surface area contributed by atoms with Crippen LogP contribution in [0.3, 0.4) is 0 Å². The van der Waals surface area contributed by atoms with Crippen molar-refractivity contribution < 1.29 is 8.42 Å². The molecule has 1 aromatic rings. The first-order valence-electron chi connectivity index (χ1n) is 8.59. The lowest BCUT2D eigenvalue weighted by atomic mass is 9.65. The fraction of sp³-hybridized carbons (Fsp3) is 0.667. The highest BCUT2D eigenvalue weighted by Gasteiger charge is 2.38. The summed E-state index contributed by atoms with van der Waals surface area (Å²) in [4.78, 5) is 0. The van der Waals surface area contributed by atoms with Crippen molar-refractivity contribution in [1.82, 2.24) is 4.72 Å². The summed E-state index contributed by atoms with van der Waals surface area (Å²) < 4.78 is 28.0. The van der Waals surface area contributed by atoms with E-state index in [1.807, 2.05) is 30.3 Å². The number of nitrogens with one attached hydrogen (secondary N) is 1. The molecule has 0 heterocycles. The Balaban J connectivity index is 1.64. The predicted molar refractivity (Wildman–Crippen MR) is 89.8 cm³/mol. The maximum absolute atomic E-state index is 12.5. The molecule has 0 saturated heterocycles. The van der Waals surface area contributed by atoms with E-state index in [1.165, 1.54) is 32.1 Å². The van der Waals surface area contributed by atoms with Crippen LogP contribution in [0.1, 0.15) is 51.0 Å². The molecule has 4 unspecified atom stereocenters. The molecule has 4 atom stereocenters. The van der Waals surface area contributed by atoms with Gasteiger partial charge in [0.1, 0.15) is 0 Å². The number of sulfonamides is 1. The number of hydrogen-bond acceptors (Lipinski definition) is 2. The van der Waals surface area contributed by atoms with Gasteiger partial charge in [0.25, 0.3) is 0 Å². The normalized spacial score (nSPS) is 31.9. The summed E-state index contributed by atoms with van der Waals surface area (Å²) in [7, 11) is -3.24. The van der Waals surface area contributed by atoms with Crippen molar-refractivity contribution in [2.45, 2.75) is 57.2 Å². The van der Waals surface area contributed by atoms with E-state index in [9.17, 15) is 8.42 Å². The zero-order valence-electron chi connectivity index (χ0n) is 13.4. The van der Waals surface area contributed by atoms with E-state index in [0.29, 0.717) is 5.92 Å². The Bertz CT molecular complexity index is 584. The summed E-state index contributed by atoms with van der Waals surface area (Å²) >= 11 is 0. The molecule has 3 rings (SSSR count). The summed E-state index contributed by atoms with van der Waals surface area (Å²) in [5.74, 6) is 2.27. The summed E-state index contributed by atoms with van der Waals surface area (Å²) in [5.41, 5.74) is 0.860. The van der Waals surface area contributed by atoms with E-state index >= 15 is 0 Å². The number of rotatable bonds is 5. The van der Waals surface area contributed by atoms with E-state index in [1.54, 1.807) is 0 Å². The maximum atomic E-state index is 12.5. The topological polar surface area (TPSA) is 46.2 Å². The van der Waals surface area contributed by atoms with Gasteiger partial charge in [-0.2, -0.15) is 0 Å². The second-order valence-corrected chi connectivity index (χ2v) is 8.91. The molecule has 22 heavy (non-hydrogen) atoms. The van der Waals surface area contributed by atoms with E-state index in [4.69, 9.17) is 0 Å². The smallest absolute Gasteiger partial charge is 0.212 e. The van der Waals surface area contributed by atoms with Crippen LogP contribution in [0.2, 0.25) is 0 Å². The first-order chi connectivity index (χ1) is 10.6. The third-order valence-electron chi connectivity index (χ3n) is 5.50. The molecule has 4 heteroatoms. The van der Waals surface area contributed by atoms with Gasteiger partial charge in [0.05, 0.1) is 5.75 Å². The molecule has 0 radical (unpaired) electrons. The van der Waals surface area contributed by atoms with Crippen LogP contribution in [-0.2, 0) is 15.8 Å². The van der Waals surface area contributed by atoms with Crippen LogP contribution in [0, 0.1) is 17.8 Å². The Hall–Kier alpha value is -0.870. The maximum Gasteiger partial charge on any atom is 0.216 e. The van der Waals surface area contributed by atoms with Crippen molar-refractivity contribution in [2.75, 3.05) is 0 Å². The second kappa shape index (κ2) is 6.71. The molecule has 3 nitrogen and oxygen atoms in total. The molecular weight excluding hydrogens is 294 g/mol. The molecular formula is C18H27NO2S. The van der Waals surface area contributed by atoms with E-state index in [-0.39, 0.29) is 11.8 Å². The van der Waals surface area contributed by atoms with E-state index in [0.717, 1.165) is 23.8 Å². The third kappa shape index (κ3) is 3.90. The molecule has 0 spiro atoms. The highest BCUT2D eigenvalue weighted by Crippen LogP contribution is 2.43. The van der Waals surface area contributed by atoms with Gasteiger partial charge in [0, 0.05) is 6.04 Å². The Morgan fingerprint density at radius 1 is 1.09 bits per heavy atom. The van der Waals surface area contributed by atoms with Gasteiger partial charge in [-0.25, -0.2) is 13.1 Å². The highest BCUT2D eigenvalue weighted by atomic mass is 32.2. The SMILES string of the molecule is CCC1CC2CCC(NS(=O)(=O)Cc3ccccc3)C(C1)C2. The zero-order valence-corrected chi connectivity index (χ0v) is 14.2. The lowest BCUT2D eigenvalue weighted by molar-refractivity contribution is 0.110. The van der Waals surface area contributed by atoms with Crippen LogP contribution < -0.4 is 4.72 Å². The Morgan fingerprint density at radius 3 is 2.59 bits per heavy atom. The minimum atomic E-state index is -3.24. The van der Waals surface area contributed by atoms with Gasteiger partial charge < -0.3 is 0 Å². The van der Waals surface area contributed by atoms with Crippen LogP contribution in [0.25, 0.3) is 0 Å². The average molecular weight is 321 g/mol. The third-order valence-corrected chi connectivity index (χ3v) is 6.88. The molecule has 0 aromatic heterocycles. The van der Waals surface area contributed by atoms with Crippen molar-refractivity contribution in [3.63, 3.8) is 0 Å². The molecule has 2 bridgehead atoms. The fourth-order valence-corrected chi connectivity index (χ4v) is 5.87. The van der Waals surface area contributed by atoms with Crippen molar-refractivity contribution in [3.8, 4) is 0 Å². The summed E-state index contributed by atoms with van der Waals surface area (Å²) in [6.45, 7) is 2.26. The monoisotopic (exact) mass is 321 g/mol. The summed E-state index contributed by atoms with van der Waals surface area (Å²) in [6.07, 6.45) is 7.21. The van der Waals surface area contributed by atoms with Crippen molar-refractivity contribution in [1.29, 1.82) is 0 Å². The minimum absolute atomic E-state index is 0.0949. The van der Waals surface area contributed by atoms with Crippen LogP contribution >= 0.6 is 0 Å². The molecule has 1 N–H and O–H groups in total. The van der Waals surface area contributed by atoms with Gasteiger partial charge in [-0.1, -0.05) is 43.7 Å².